The first-order valence-electron chi connectivity index (χ1n) is 7.92. The van der Waals surface area contributed by atoms with E-state index in [0.29, 0.717) is 13.1 Å². The summed E-state index contributed by atoms with van der Waals surface area (Å²) < 4.78 is 0. The van der Waals surface area contributed by atoms with Crippen molar-refractivity contribution in [2.75, 3.05) is 18.1 Å². The fraction of sp³-hybridized carbons (Fsp3) is 0.263. The SMILES string of the molecule is CSc1ccc(NC(=O)C2CC(=O)N(Cc3ccccc3)C2)cc1. The van der Waals surface area contributed by atoms with Gasteiger partial charge < -0.3 is 10.2 Å². The van der Waals surface area contributed by atoms with Crippen molar-refractivity contribution < 1.29 is 9.59 Å². The van der Waals surface area contributed by atoms with E-state index in [0.717, 1.165) is 16.1 Å². The summed E-state index contributed by atoms with van der Waals surface area (Å²) in [4.78, 5) is 27.5. The summed E-state index contributed by atoms with van der Waals surface area (Å²) in [6, 6.07) is 17.6. The number of rotatable bonds is 5. The molecule has 1 heterocycles. The van der Waals surface area contributed by atoms with E-state index in [1.807, 2.05) is 60.9 Å². The molecule has 0 aliphatic carbocycles. The third kappa shape index (κ3) is 3.97. The van der Waals surface area contributed by atoms with Crippen molar-refractivity contribution in [2.45, 2.75) is 17.9 Å². The maximum absolute atomic E-state index is 12.4. The number of thioether (sulfide) groups is 1. The van der Waals surface area contributed by atoms with Crippen LogP contribution in [0.15, 0.2) is 59.5 Å². The second kappa shape index (κ2) is 7.53. The minimum absolute atomic E-state index is 0.0386. The first-order chi connectivity index (χ1) is 11.7. The average Bonchev–Trinajstić information content (AvgIpc) is 2.97. The highest BCUT2D eigenvalue weighted by Crippen LogP contribution is 2.23. The Labute approximate surface area is 146 Å². The lowest BCUT2D eigenvalue weighted by molar-refractivity contribution is -0.128. The summed E-state index contributed by atoms with van der Waals surface area (Å²) in [5.74, 6) is -0.339. The summed E-state index contributed by atoms with van der Waals surface area (Å²) in [5, 5.41) is 2.91. The van der Waals surface area contributed by atoms with Crippen molar-refractivity contribution in [3.05, 3.63) is 60.2 Å². The van der Waals surface area contributed by atoms with Crippen LogP contribution in [0, 0.1) is 5.92 Å². The van der Waals surface area contributed by atoms with Gasteiger partial charge in [0.05, 0.1) is 5.92 Å². The lowest BCUT2D eigenvalue weighted by Gasteiger charge is -2.16. The van der Waals surface area contributed by atoms with E-state index in [-0.39, 0.29) is 24.2 Å². The largest absolute Gasteiger partial charge is 0.338 e. The molecule has 1 saturated heterocycles. The molecule has 1 aliphatic heterocycles. The molecule has 1 N–H and O–H groups in total. The third-order valence-corrected chi connectivity index (χ3v) is 4.90. The first kappa shape index (κ1) is 16.6. The van der Waals surface area contributed by atoms with Gasteiger partial charge in [0.2, 0.25) is 11.8 Å². The number of anilines is 1. The van der Waals surface area contributed by atoms with Gasteiger partial charge in [-0.05, 0) is 36.1 Å². The van der Waals surface area contributed by atoms with E-state index in [1.54, 1.807) is 16.7 Å². The molecule has 1 unspecified atom stereocenters. The van der Waals surface area contributed by atoms with E-state index in [2.05, 4.69) is 5.32 Å². The Balaban J connectivity index is 1.59. The maximum Gasteiger partial charge on any atom is 0.229 e. The van der Waals surface area contributed by atoms with Crippen LogP contribution in [0.3, 0.4) is 0 Å². The van der Waals surface area contributed by atoms with Gasteiger partial charge in [-0.3, -0.25) is 9.59 Å². The number of nitrogens with one attached hydrogen (secondary N) is 1. The van der Waals surface area contributed by atoms with Crippen LogP contribution in [0.4, 0.5) is 5.69 Å². The van der Waals surface area contributed by atoms with E-state index >= 15 is 0 Å². The zero-order valence-electron chi connectivity index (χ0n) is 13.6. The molecule has 2 aromatic carbocycles. The number of likely N-dealkylation sites (tertiary alicyclic amines) is 1. The molecule has 0 bridgehead atoms. The van der Waals surface area contributed by atoms with Gasteiger partial charge in [-0.15, -0.1) is 11.8 Å². The minimum Gasteiger partial charge on any atom is -0.338 e. The normalized spacial score (nSPS) is 17.1. The van der Waals surface area contributed by atoms with Gasteiger partial charge in [-0.2, -0.15) is 0 Å². The maximum atomic E-state index is 12.4. The summed E-state index contributed by atoms with van der Waals surface area (Å²) >= 11 is 1.66. The number of carbonyl (C=O) groups is 2. The molecule has 124 valence electrons. The van der Waals surface area contributed by atoms with E-state index < -0.39 is 0 Å². The lowest BCUT2D eigenvalue weighted by Crippen LogP contribution is -2.28. The molecular weight excluding hydrogens is 320 g/mol. The van der Waals surface area contributed by atoms with Gasteiger partial charge in [-0.1, -0.05) is 30.3 Å². The van der Waals surface area contributed by atoms with Gasteiger partial charge in [0.15, 0.2) is 0 Å². The van der Waals surface area contributed by atoms with Crippen LogP contribution in [0.2, 0.25) is 0 Å². The second-order valence-electron chi connectivity index (χ2n) is 5.88. The quantitative estimate of drug-likeness (QED) is 0.849. The minimum atomic E-state index is -0.290. The lowest BCUT2D eigenvalue weighted by atomic mass is 10.1. The molecule has 2 amide bonds. The van der Waals surface area contributed by atoms with Crippen LogP contribution in [0.25, 0.3) is 0 Å². The molecule has 3 rings (SSSR count). The van der Waals surface area contributed by atoms with E-state index in [4.69, 9.17) is 0 Å². The summed E-state index contributed by atoms with van der Waals surface area (Å²) in [6.07, 6.45) is 2.29. The number of hydrogen-bond donors (Lipinski definition) is 1. The van der Waals surface area contributed by atoms with Gasteiger partial charge in [0, 0.05) is 30.1 Å². The summed E-state index contributed by atoms with van der Waals surface area (Å²) in [5.41, 5.74) is 1.85. The predicted molar refractivity (Wildman–Crippen MR) is 96.8 cm³/mol. The van der Waals surface area contributed by atoms with Crippen molar-refractivity contribution in [1.29, 1.82) is 0 Å². The molecular formula is C19H20N2O2S. The Morgan fingerprint density at radius 2 is 1.88 bits per heavy atom. The molecule has 1 aliphatic rings. The van der Waals surface area contributed by atoms with Crippen LogP contribution >= 0.6 is 11.8 Å². The Bertz CT molecular complexity index is 716. The second-order valence-corrected chi connectivity index (χ2v) is 6.76. The highest BCUT2D eigenvalue weighted by Gasteiger charge is 2.34. The highest BCUT2D eigenvalue weighted by molar-refractivity contribution is 7.98. The van der Waals surface area contributed by atoms with Crippen LogP contribution < -0.4 is 5.32 Å². The smallest absolute Gasteiger partial charge is 0.229 e. The monoisotopic (exact) mass is 340 g/mol. The van der Waals surface area contributed by atoms with Crippen molar-refractivity contribution in [3.8, 4) is 0 Å². The van der Waals surface area contributed by atoms with Crippen LogP contribution in [-0.4, -0.2) is 29.5 Å². The molecule has 24 heavy (non-hydrogen) atoms. The molecule has 0 spiro atoms. The Morgan fingerprint density at radius 1 is 1.17 bits per heavy atom. The Hall–Kier alpha value is -2.27. The molecule has 1 fully saturated rings. The fourth-order valence-electron chi connectivity index (χ4n) is 2.82. The van der Waals surface area contributed by atoms with E-state index in [1.165, 1.54) is 0 Å². The highest BCUT2D eigenvalue weighted by atomic mass is 32.2. The van der Waals surface area contributed by atoms with Gasteiger partial charge in [0.25, 0.3) is 0 Å². The van der Waals surface area contributed by atoms with Gasteiger partial charge in [0.1, 0.15) is 0 Å². The topological polar surface area (TPSA) is 49.4 Å². The summed E-state index contributed by atoms with van der Waals surface area (Å²) in [7, 11) is 0. The number of amides is 2. The molecule has 1 atom stereocenters. The van der Waals surface area contributed by atoms with Crippen molar-refractivity contribution >= 4 is 29.3 Å². The summed E-state index contributed by atoms with van der Waals surface area (Å²) in [6.45, 7) is 1.04. The fourth-order valence-corrected chi connectivity index (χ4v) is 3.23. The van der Waals surface area contributed by atoms with Crippen LogP contribution in [0.5, 0.6) is 0 Å². The number of nitrogens with zero attached hydrogens (tertiary/aromatic N) is 1. The van der Waals surface area contributed by atoms with E-state index in [9.17, 15) is 9.59 Å². The van der Waals surface area contributed by atoms with Crippen molar-refractivity contribution in [1.82, 2.24) is 4.90 Å². The average molecular weight is 340 g/mol. The molecule has 0 saturated carbocycles. The molecule has 0 radical (unpaired) electrons. The molecule has 2 aromatic rings. The zero-order valence-corrected chi connectivity index (χ0v) is 14.4. The molecule has 4 nitrogen and oxygen atoms in total. The number of carbonyl (C=O) groups excluding carboxylic acids is 2. The van der Waals surface area contributed by atoms with Gasteiger partial charge in [-0.25, -0.2) is 0 Å². The van der Waals surface area contributed by atoms with Crippen LogP contribution in [-0.2, 0) is 16.1 Å². The Kier molecular flexibility index (Phi) is 5.20. The molecule has 0 aromatic heterocycles. The number of hydrogen-bond acceptors (Lipinski definition) is 3. The standard InChI is InChI=1S/C19H20N2O2S/c1-24-17-9-7-16(8-10-17)20-19(23)15-11-18(22)21(13-15)12-14-5-3-2-4-6-14/h2-10,15H,11-13H2,1H3,(H,20,23). The van der Waals surface area contributed by atoms with Crippen molar-refractivity contribution in [2.24, 2.45) is 5.92 Å². The van der Waals surface area contributed by atoms with Crippen molar-refractivity contribution in [3.63, 3.8) is 0 Å². The first-order valence-corrected chi connectivity index (χ1v) is 9.15. The molecule has 5 heteroatoms. The van der Waals surface area contributed by atoms with Crippen LogP contribution in [0.1, 0.15) is 12.0 Å². The predicted octanol–water partition coefficient (Wildman–Crippen LogP) is 3.40. The Morgan fingerprint density at radius 3 is 2.54 bits per heavy atom. The zero-order chi connectivity index (χ0) is 16.9. The third-order valence-electron chi connectivity index (χ3n) is 4.16. The van der Waals surface area contributed by atoms with Gasteiger partial charge >= 0.3 is 0 Å². The number of benzene rings is 2.